The predicted molar refractivity (Wildman–Crippen MR) is 120 cm³/mol. The molecule has 0 saturated heterocycles. The number of benzene rings is 3. The molecule has 2 aromatic heterocycles. The van der Waals surface area contributed by atoms with Crippen LogP contribution in [0.25, 0.3) is 44.6 Å². The van der Waals surface area contributed by atoms with E-state index in [1.807, 2.05) is 55.5 Å². The van der Waals surface area contributed by atoms with Gasteiger partial charge in [-0.2, -0.15) is 5.10 Å². The van der Waals surface area contributed by atoms with Gasteiger partial charge in [0.05, 0.1) is 30.3 Å². The fraction of sp³-hybridized carbons (Fsp3) is 0.167. The van der Waals surface area contributed by atoms with E-state index in [1.165, 1.54) is 0 Å². The molecule has 0 unspecified atom stereocenters. The van der Waals surface area contributed by atoms with Crippen LogP contribution in [0.15, 0.2) is 54.6 Å². The first-order chi connectivity index (χ1) is 15.2. The normalized spacial score (nSPS) is 11.4. The number of methoxy groups -OCH3 is 1. The van der Waals surface area contributed by atoms with Crippen LogP contribution in [0.4, 0.5) is 0 Å². The number of para-hydroxylation sites is 2. The number of phenols is 1. The minimum atomic E-state index is 0.0933. The molecule has 7 nitrogen and oxygen atoms in total. The average molecular weight is 414 g/mol. The fourth-order valence-electron chi connectivity index (χ4n) is 3.81. The lowest BCUT2D eigenvalue weighted by Gasteiger charge is -2.13. The van der Waals surface area contributed by atoms with Crippen molar-refractivity contribution in [2.24, 2.45) is 0 Å². The summed E-state index contributed by atoms with van der Waals surface area (Å²) in [5, 5.41) is 18.8. The summed E-state index contributed by atoms with van der Waals surface area (Å²) in [5.41, 5.74) is 6.34. The third kappa shape index (κ3) is 3.39. The van der Waals surface area contributed by atoms with Crippen LogP contribution in [0.3, 0.4) is 0 Å². The number of imidazole rings is 1. The van der Waals surface area contributed by atoms with Gasteiger partial charge in [0.25, 0.3) is 0 Å². The number of hydrogen-bond acceptors (Lipinski definition) is 5. The van der Waals surface area contributed by atoms with Crippen molar-refractivity contribution < 1.29 is 14.6 Å². The van der Waals surface area contributed by atoms with E-state index in [2.05, 4.69) is 20.2 Å². The molecule has 0 spiro atoms. The third-order valence-electron chi connectivity index (χ3n) is 5.35. The SMILES string of the molecule is CCOCc1cc(O)c(OC)cc1-c1ccc2c(-c3nc4ccccc4[nH]3)n[nH]c2c1. The Morgan fingerprint density at radius 2 is 1.90 bits per heavy atom. The van der Waals surface area contributed by atoms with Crippen LogP contribution >= 0.6 is 0 Å². The molecule has 2 heterocycles. The van der Waals surface area contributed by atoms with Crippen molar-refractivity contribution in [1.29, 1.82) is 0 Å². The second kappa shape index (κ2) is 7.77. The molecule has 0 amide bonds. The van der Waals surface area contributed by atoms with E-state index in [0.717, 1.165) is 50.1 Å². The molecule has 156 valence electrons. The fourth-order valence-corrected chi connectivity index (χ4v) is 3.81. The molecular formula is C24H22N4O3. The van der Waals surface area contributed by atoms with Crippen molar-refractivity contribution in [3.05, 3.63) is 60.2 Å². The number of aromatic amines is 2. The monoisotopic (exact) mass is 414 g/mol. The van der Waals surface area contributed by atoms with E-state index in [4.69, 9.17) is 9.47 Å². The van der Waals surface area contributed by atoms with Crippen molar-refractivity contribution in [3.63, 3.8) is 0 Å². The van der Waals surface area contributed by atoms with E-state index in [-0.39, 0.29) is 5.75 Å². The molecular weight excluding hydrogens is 392 g/mol. The predicted octanol–water partition coefficient (Wildman–Crippen LogP) is 5.02. The molecule has 0 aliphatic carbocycles. The second-order valence-corrected chi connectivity index (χ2v) is 7.25. The zero-order chi connectivity index (χ0) is 21.4. The summed E-state index contributed by atoms with van der Waals surface area (Å²) in [7, 11) is 1.54. The van der Waals surface area contributed by atoms with Crippen LogP contribution in [0.2, 0.25) is 0 Å². The van der Waals surface area contributed by atoms with Gasteiger partial charge in [-0.3, -0.25) is 5.10 Å². The van der Waals surface area contributed by atoms with Gasteiger partial charge in [-0.25, -0.2) is 4.98 Å². The van der Waals surface area contributed by atoms with Gasteiger partial charge in [0, 0.05) is 12.0 Å². The Morgan fingerprint density at radius 3 is 2.71 bits per heavy atom. The summed E-state index contributed by atoms with van der Waals surface area (Å²) in [6.45, 7) is 2.93. The van der Waals surface area contributed by atoms with Crippen LogP contribution in [-0.2, 0) is 11.3 Å². The van der Waals surface area contributed by atoms with Gasteiger partial charge in [0.2, 0.25) is 0 Å². The molecule has 7 heteroatoms. The van der Waals surface area contributed by atoms with E-state index >= 15 is 0 Å². The highest BCUT2D eigenvalue weighted by Crippen LogP contribution is 2.37. The van der Waals surface area contributed by atoms with Gasteiger partial charge >= 0.3 is 0 Å². The Balaban J connectivity index is 1.60. The number of hydrogen-bond donors (Lipinski definition) is 3. The first-order valence-electron chi connectivity index (χ1n) is 10.1. The van der Waals surface area contributed by atoms with Crippen LogP contribution in [0.5, 0.6) is 11.5 Å². The van der Waals surface area contributed by atoms with Gasteiger partial charge in [-0.15, -0.1) is 0 Å². The number of ether oxygens (including phenoxy) is 2. The first-order valence-corrected chi connectivity index (χ1v) is 10.1. The highest BCUT2D eigenvalue weighted by atomic mass is 16.5. The minimum Gasteiger partial charge on any atom is -0.504 e. The number of rotatable bonds is 6. The maximum absolute atomic E-state index is 10.2. The molecule has 0 fully saturated rings. The number of phenolic OH excluding ortho intramolecular Hbond substituents is 1. The Kier molecular flexibility index (Phi) is 4.80. The molecule has 5 aromatic rings. The maximum atomic E-state index is 10.2. The smallest absolute Gasteiger partial charge is 0.161 e. The van der Waals surface area contributed by atoms with E-state index in [0.29, 0.717) is 19.0 Å². The van der Waals surface area contributed by atoms with Gasteiger partial charge in [-0.1, -0.05) is 18.2 Å². The number of H-pyrrole nitrogens is 2. The van der Waals surface area contributed by atoms with Gasteiger partial charge < -0.3 is 19.6 Å². The van der Waals surface area contributed by atoms with Crippen LogP contribution in [0, 0.1) is 0 Å². The number of nitrogens with zero attached hydrogens (tertiary/aromatic N) is 2. The van der Waals surface area contributed by atoms with Crippen molar-refractivity contribution in [1.82, 2.24) is 20.2 Å². The van der Waals surface area contributed by atoms with Crippen molar-refractivity contribution in [2.75, 3.05) is 13.7 Å². The van der Waals surface area contributed by atoms with Crippen LogP contribution in [0.1, 0.15) is 12.5 Å². The van der Waals surface area contributed by atoms with Crippen LogP contribution < -0.4 is 4.74 Å². The quantitative estimate of drug-likeness (QED) is 0.362. The van der Waals surface area contributed by atoms with Gasteiger partial charge in [0.15, 0.2) is 17.3 Å². The summed E-state index contributed by atoms with van der Waals surface area (Å²) in [4.78, 5) is 8.00. The Bertz CT molecular complexity index is 1350. The number of aromatic hydroxyl groups is 1. The summed E-state index contributed by atoms with van der Waals surface area (Å²) in [6.07, 6.45) is 0. The number of aromatic nitrogens is 4. The van der Waals surface area contributed by atoms with Crippen LogP contribution in [-0.4, -0.2) is 39.0 Å². The van der Waals surface area contributed by atoms with Gasteiger partial charge in [-0.05, 0) is 60.0 Å². The van der Waals surface area contributed by atoms with Crippen molar-refractivity contribution >= 4 is 21.9 Å². The zero-order valence-corrected chi connectivity index (χ0v) is 17.3. The molecule has 0 saturated carbocycles. The molecule has 31 heavy (non-hydrogen) atoms. The third-order valence-corrected chi connectivity index (χ3v) is 5.35. The molecule has 3 aromatic carbocycles. The minimum absolute atomic E-state index is 0.0933. The first kappa shape index (κ1) is 19.1. The van der Waals surface area contributed by atoms with E-state index in [1.54, 1.807) is 13.2 Å². The number of nitrogens with one attached hydrogen (secondary N) is 2. The topological polar surface area (TPSA) is 96.1 Å². The molecule has 0 aliphatic rings. The number of fused-ring (bicyclic) bond motifs is 2. The average Bonchev–Trinajstić information content (AvgIpc) is 3.41. The largest absolute Gasteiger partial charge is 0.504 e. The molecule has 0 radical (unpaired) electrons. The molecule has 0 atom stereocenters. The molecule has 0 aliphatic heterocycles. The lowest BCUT2D eigenvalue weighted by atomic mass is 9.98. The highest BCUT2D eigenvalue weighted by molar-refractivity contribution is 5.95. The van der Waals surface area contributed by atoms with E-state index < -0.39 is 0 Å². The maximum Gasteiger partial charge on any atom is 0.161 e. The van der Waals surface area contributed by atoms with Gasteiger partial charge in [0.1, 0.15) is 5.69 Å². The Labute approximate surface area is 178 Å². The summed E-state index contributed by atoms with van der Waals surface area (Å²) >= 11 is 0. The Hall–Kier alpha value is -3.84. The molecule has 5 rings (SSSR count). The summed E-state index contributed by atoms with van der Waals surface area (Å²) < 4.78 is 10.9. The Morgan fingerprint density at radius 1 is 1.03 bits per heavy atom. The summed E-state index contributed by atoms with van der Waals surface area (Å²) in [5.74, 6) is 1.24. The van der Waals surface area contributed by atoms with Crippen molar-refractivity contribution in [3.8, 4) is 34.1 Å². The molecule has 0 bridgehead atoms. The second-order valence-electron chi connectivity index (χ2n) is 7.25. The highest BCUT2D eigenvalue weighted by Gasteiger charge is 2.16. The zero-order valence-electron chi connectivity index (χ0n) is 17.3. The standard InChI is InChI=1S/C24H22N4O3/c1-3-31-13-15-11-21(29)22(30-2)12-17(15)14-8-9-16-20(10-14)27-28-23(16)24-25-18-6-4-5-7-19(18)26-24/h4-12,29H,3,13H2,1-2H3,(H,25,26)(H,27,28). The lowest BCUT2D eigenvalue weighted by Crippen LogP contribution is -1.97. The lowest BCUT2D eigenvalue weighted by molar-refractivity contribution is 0.134. The molecule has 3 N–H and O–H groups in total. The van der Waals surface area contributed by atoms with E-state index in [9.17, 15) is 5.11 Å². The summed E-state index contributed by atoms with van der Waals surface area (Å²) in [6, 6.07) is 17.5. The van der Waals surface area contributed by atoms with Crippen molar-refractivity contribution in [2.45, 2.75) is 13.5 Å².